The summed E-state index contributed by atoms with van der Waals surface area (Å²) in [5, 5.41) is 0. The third-order valence-electron chi connectivity index (χ3n) is 5.87. The first-order chi connectivity index (χ1) is 13.4. The third-order valence-corrected chi connectivity index (χ3v) is 5.87. The molecule has 3 rings (SSSR count). The van der Waals surface area contributed by atoms with Gasteiger partial charge >= 0.3 is 5.97 Å². The van der Waals surface area contributed by atoms with Crippen LogP contribution in [0.1, 0.15) is 61.3 Å². The van der Waals surface area contributed by atoms with Crippen molar-refractivity contribution in [1.82, 2.24) is 0 Å². The van der Waals surface area contributed by atoms with E-state index in [9.17, 15) is 9.59 Å². The van der Waals surface area contributed by atoms with Crippen molar-refractivity contribution < 1.29 is 19.1 Å². The van der Waals surface area contributed by atoms with Crippen molar-refractivity contribution in [3.63, 3.8) is 0 Å². The molecular weight excluding hydrogens is 352 g/mol. The van der Waals surface area contributed by atoms with Gasteiger partial charge in [0.05, 0.1) is 7.11 Å². The number of aryl methyl sites for hydroxylation is 2. The molecule has 0 aliphatic heterocycles. The lowest BCUT2D eigenvalue weighted by Crippen LogP contribution is -2.30. The molecule has 2 aromatic rings. The third kappa shape index (κ3) is 3.82. The van der Waals surface area contributed by atoms with E-state index in [4.69, 9.17) is 9.47 Å². The highest BCUT2D eigenvalue weighted by atomic mass is 16.5. The SMILES string of the molecule is COc1ccc(C2(c3ccc(OC(=O)C(C)=O)c(C)c3)CCCCC2)cc1C. The van der Waals surface area contributed by atoms with Crippen LogP contribution in [0.15, 0.2) is 36.4 Å². The second-order valence-electron chi connectivity index (χ2n) is 7.75. The van der Waals surface area contributed by atoms with Crippen molar-refractivity contribution >= 4 is 11.8 Å². The Bertz CT molecular complexity index is 891. The number of esters is 1. The quantitative estimate of drug-likeness (QED) is 0.413. The summed E-state index contributed by atoms with van der Waals surface area (Å²) in [6.07, 6.45) is 5.80. The van der Waals surface area contributed by atoms with Crippen LogP contribution in [0.25, 0.3) is 0 Å². The maximum atomic E-state index is 11.6. The molecule has 0 bridgehead atoms. The summed E-state index contributed by atoms with van der Waals surface area (Å²) in [4.78, 5) is 22.9. The van der Waals surface area contributed by atoms with Crippen LogP contribution in [0.3, 0.4) is 0 Å². The molecule has 4 heteroatoms. The lowest BCUT2D eigenvalue weighted by molar-refractivity contribution is -0.146. The van der Waals surface area contributed by atoms with E-state index in [0.717, 1.165) is 29.7 Å². The monoisotopic (exact) mass is 380 g/mol. The maximum absolute atomic E-state index is 11.6. The normalized spacial score (nSPS) is 15.7. The molecule has 4 nitrogen and oxygen atoms in total. The molecule has 1 saturated carbocycles. The van der Waals surface area contributed by atoms with Gasteiger partial charge in [0.2, 0.25) is 5.78 Å². The number of Topliss-reactive ketones (excluding diaryl/α,β-unsaturated/α-hetero) is 1. The lowest BCUT2D eigenvalue weighted by Gasteiger charge is -2.39. The molecule has 0 radical (unpaired) electrons. The Kier molecular flexibility index (Phi) is 5.87. The highest BCUT2D eigenvalue weighted by Crippen LogP contribution is 2.46. The van der Waals surface area contributed by atoms with Crippen LogP contribution in [0, 0.1) is 13.8 Å². The molecule has 148 valence electrons. The molecule has 0 amide bonds. The van der Waals surface area contributed by atoms with Gasteiger partial charge in [-0.05, 0) is 61.1 Å². The van der Waals surface area contributed by atoms with E-state index in [-0.39, 0.29) is 5.41 Å². The fourth-order valence-electron chi connectivity index (χ4n) is 4.31. The van der Waals surface area contributed by atoms with Crippen molar-refractivity contribution in [2.45, 2.75) is 58.3 Å². The molecular formula is C24H28O4. The van der Waals surface area contributed by atoms with Crippen LogP contribution in [-0.4, -0.2) is 18.9 Å². The van der Waals surface area contributed by atoms with Crippen LogP contribution >= 0.6 is 0 Å². The van der Waals surface area contributed by atoms with Gasteiger partial charge in [-0.15, -0.1) is 0 Å². The second kappa shape index (κ2) is 8.17. The van der Waals surface area contributed by atoms with Crippen molar-refractivity contribution in [2.24, 2.45) is 0 Å². The van der Waals surface area contributed by atoms with E-state index in [2.05, 4.69) is 31.2 Å². The highest BCUT2D eigenvalue weighted by Gasteiger charge is 2.36. The summed E-state index contributed by atoms with van der Waals surface area (Å²) in [5.74, 6) is -0.0758. The van der Waals surface area contributed by atoms with Gasteiger partial charge in [0.1, 0.15) is 11.5 Å². The van der Waals surface area contributed by atoms with Crippen LogP contribution in [0.2, 0.25) is 0 Å². The molecule has 0 heterocycles. The van der Waals surface area contributed by atoms with Gasteiger partial charge in [-0.3, -0.25) is 4.79 Å². The van der Waals surface area contributed by atoms with E-state index in [1.807, 2.05) is 19.1 Å². The number of rotatable bonds is 5. The Morgan fingerprint density at radius 1 is 0.857 bits per heavy atom. The summed E-state index contributed by atoms with van der Waals surface area (Å²) < 4.78 is 10.7. The number of ether oxygens (including phenoxy) is 2. The molecule has 1 fully saturated rings. The summed E-state index contributed by atoms with van der Waals surface area (Å²) in [7, 11) is 1.70. The first-order valence-corrected chi connectivity index (χ1v) is 9.86. The molecule has 0 saturated heterocycles. The first kappa shape index (κ1) is 20.1. The van der Waals surface area contributed by atoms with Gasteiger partial charge in [-0.2, -0.15) is 0 Å². The Balaban J connectivity index is 2.03. The molecule has 1 aliphatic rings. The number of methoxy groups -OCH3 is 1. The van der Waals surface area contributed by atoms with E-state index in [0.29, 0.717) is 5.75 Å². The minimum absolute atomic E-state index is 0.0524. The molecule has 28 heavy (non-hydrogen) atoms. The Labute approximate surface area is 166 Å². The van der Waals surface area contributed by atoms with E-state index < -0.39 is 11.8 Å². The zero-order valence-electron chi connectivity index (χ0n) is 17.1. The van der Waals surface area contributed by atoms with Gasteiger partial charge in [0, 0.05) is 12.3 Å². The number of hydrogen-bond acceptors (Lipinski definition) is 4. The average Bonchev–Trinajstić information content (AvgIpc) is 2.69. The number of carbonyl (C=O) groups is 2. The number of hydrogen-bond donors (Lipinski definition) is 0. The van der Waals surface area contributed by atoms with E-state index in [1.165, 1.54) is 37.3 Å². The minimum Gasteiger partial charge on any atom is -0.496 e. The van der Waals surface area contributed by atoms with Gasteiger partial charge in [0.15, 0.2) is 0 Å². The zero-order valence-corrected chi connectivity index (χ0v) is 17.1. The zero-order chi connectivity index (χ0) is 20.3. The summed E-state index contributed by atoms with van der Waals surface area (Å²) >= 11 is 0. The summed E-state index contributed by atoms with van der Waals surface area (Å²) in [5.41, 5.74) is 4.48. The predicted molar refractivity (Wildman–Crippen MR) is 109 cm³/mol. The van der Waals surface area contributed by atoms with Gasteiger partial charge < -0.3 is 9.47 Å². The van der Waals surface area contributed by atoms with Crippen LogP contribution in [-0.2, 0) is 15.0 Å². The number of carbonyl (C=O) groups excluding carboxylic acids is 2. The fraction of sp³-hybridized carbons (Fsp3) is 0.417. The predicted octanol–water partition coefficient (Wildman–Crippen LogP) is 5.06. The van der Waals surface area contributed by atoms with Gasteiger partial charge in [-0.1, -0.05) is 43.5 Å². The Morgan fingerprint density at radius 3 is 1.86 bits per heavy atom. The molecule has 0 aromatic heterocycles. The fourth-order valence-corrected chi connectivity index (χ4v) is 4.31. The molecule has 1 aliphatic carbocycles. The topological polar surface area (TPSA) is 52.6 Å². The van der Waals surface area contributed by atoms with Gasteiger partial charge in [0.25, 0.3) is 0 Å². The largest absolute Gasteiger partial charge is 0.496 e. The standard InChI is InChI=1S/C24H28O4/c1-16-14-19(8-10-21(16)27-4)24(12-6-5-7-13-24)20-9-11-22(17(2)15-20)28-23(26)18(3)25/h8-11,14-15H,5-7,12-13H2,1-4H3. The average molecular weight is 380 g/mol. The van der Waals surface area contributed by atoms with Crippen LogP contribution in [0.4, 0.5) is 0 Å². The van der Waals surface area contributed by atoms with Gasteiger partial charge in [-0.25, -0.2) is 4.79 Å². The van der Waals surface area contributed by atoms with Crippen molar-refractivity contribution in [3.05, 3.63) is 58.7 Å². The molecule has 0 atom stereocenters. The van der Waals surface area contributed by atoms with Crippen molar-refractivity contribution in [1.29, 1.82) is 0 Å². The van der Waals surface area contributed by atoms with Crippen LogP contribution in [0.5, 0.6) is 11.5 Å². The molecule has 0 unspecified atom stereocenters. The van der Waals surface area contributed by atoms with Crippen LogP contribution < -0.4 is 9.47 Å². The van der Waals surface area contributed by atoms with Crippen molar-refractivity contribution in [2.75, 3.05) is 7.11 Å². The molecule has 0 N–H and O–H groups in total. The maximum Gasteiger partial charge on any atom is 0.379 e. The summed E-state index contributed by atoms with van der Waals surface area (Å²) in [6.45, 7) is 5.21. The molecule has 0 spiro atoms. The summed E-state index contributed by atoms with van der Waals surface area (Å²) in [6, 6.07) is 12.4. The first-order valence-electron chi connectivity index (χ1n) is 9.86. The lowest BCUT2D eigenvalue weighted by atomic mass is 9.65. The number of benzene rings is 2. The minimum atomic E-state index is -0.825. The molecule has 2 aromatic carbocycles. The van der Waals surface area contributed by atoms with Crippen molar-refractivity contribution in [3.8, 4) is 11.5 Å². The Hall–Kier alpha value is -2.62. The second-order valence-corrected chi connectivity index (χ2v) is 7.75. The van der Waals surface area contributed by atoms with E-state index in [1.54, 1.807) is 7.11 Å². The highest BCUT2D eigenvalue weighted by molar-refractivity contribution is 6.33. The Morgan fingerprint density at radius 2 is 1.39 bits per heavy atom. The smallest absolute Gasteiger partial charge is 0.379 e. The number of ketones is 1. The van der Waals surface area contributed by atoms with E-state index >= 15 is 0 Å².